The standard InChI is InChI=1S/C11H17N5O2S2/c1-3-4-12-11-14-9-8(7-13-16-9)10(15-11)19-5-6-20(2,17)18/h7H,3-6H2,1-2H3,(H2,12,13,14,15,16). The van der Waals surface area contributed by atoms with Gasteiger partial charge in [0.05, 0.1) is 17.3 Å². The second-order valence-electron chi connectivity index (χ2n) is 4.39. The Kier molecular flexibility index (Phi) is 4.81. The van der Waals surface area contributed by atoms with Gasteiger partial charge >= 0.3 is 0 Å². The molecule has 0 fully saturated rings. The van der Waals surface area contributed by atoms with Crippen molar-refractivity contribution in [1.82, 2.24) is 20.2 Å². The van der Waals surface area contributed by atoms with Crippen LogP contribution in [0.3, 0.4) is 0 Å². The van der Waals surface area contributed by atoms with Crippen molar-refractivity contribution in [1.29, 1.82) is 0 Å². The van der Waals surface area contributed by atoms with E-state index in [1.54, 1.807) is 6.20 Å². The molecule has 0 spiro atoms. The molecular weight excluding hydrogens is 298 g/mol. The lowest BCUT2D eigenvalue weighted by Gasteiger charge is -2.06. The van der Waals surface area contributed by atoms with Crippen molar-refractivity contribution in [2.24, 2.45) is 0 Å². The Morgan fingerprint density at radius 2 is 2.20 bits per heavy atom. The van der Waals surface area contributed by atoms with Crippen molar-refractivity contribution in [2.45, 2.75) is 18.4 Å². The Labute approximate surface area is 121 Å². The van der Waals surface area contributed by atoms with E-state index in [-0.39, 0.29) is 5.75 Å². The van der Waals surface area contributed by atoms with E-state index >= 15 is 0 Å². The first-order valence-corrected chi connectivity index (χ1v) is 9.29. The number of aromatic nitrogens is 4. The molecule has 0 aliphatic heterocycles. The molecule has 0 aromatic carbocycles. The van der Waals surface area contributed by atoms with Crippen LogP contribution in [0.2, 0.25) is 0 Å². The average Bonchev–Trinajstić information content (AvgIpc) is 2.83. The summed E-state index contributed by atoms with van der Waals surface area (Å²) in [4.78, 5) is 8.73. The first-order chi connectivity index (χ1) is 9.49. The lowest BCUT2D eigenvalue weighted by molar-refractivity contribution is 0.603. The van der Waals surface area contributed by atoms with Crippen LogP contribution in [0.4, 0.5) is 5.95 Å². The third kappa shape index (κ3) is 4.07. The van der Waals surface area contributed by atoms with E-state index in [0.29, 0.717) is 17.3 Å². The zero-order valence-corrected chi connectivity index (χ0v) is 13.0. The van der Waals surface area contributed by atoms with Crippen LogP contribution in [0.5, 0.6) is 0 Å². The molecule has 7 nitrogen and oxygen atoms in total. The minimum absolute atomic E-state index is 0.124. The molecular formula is C11H17N5O2S2. The van der Waals surface area contributed by atoms with Gasteiger partial charge in [-0.15, -0.1) is 11.8 Å². The molecule has 9 heteroatoms. The summed E-state index contributed by atoms with van der Waals surface area (Å²) in [6, 6.07) is 0. The van der Waals surface area contributed by atoms with Gasteiger partial charge in [-0.1, -0.05) is 6.92 Å². The van der Waals surface area contributed by atoms with Crippen LogP contribution >= 0.6 is 11.8 Å². The third-order valence-corrected chi connectivity index (χ3v) is 4.70. The van der Waals surface area contributed by atoms with Gasteiger partial charge in [-0.3, -0.25) is 5.10 Å². The largest absolute Gasteiger partial charge is 0.354 e. The SMILES string of the molecule is CCCNc1nc(SCCS(C)(=O)=O)c2cn[nH]c2n1. The maximum atomic E-state index is 11.2. The fraction of sp³-hybridized carbons (Fsp3) is 0.545. The van der Waals surface area contributed by atoms with Gasteiger partial charge < -0.3 is 5.32 Å². The van der Waals surface area contributed by atoms with E-state index in [2.05, 4.69) is 32.4 Å². The highest BCUT2D eigenvalue weighted by atomic mass is 32.2. The smallest absolute Gasteiger partial charge is 0.225 e. The topological polar surface area (TPSA) is 101 Å². The lowest BCUT2D eigenvalue weighted by Crippen LogP contribution is -2.07. The highest BCUT2D eigenvalue weighted by Gasteiger charge is 2.11. The van der Waals surface area contributed by atoms with Crippen molar-refractivity contribution in [3.8, 4) is 0 Å². The second-order valence-corrected chi connectivity index (χ2v) is 7.73. The predicted molar refractivity (Wildman–Crippen MR) is 80.9 cm³/mol. The summed E-state index contributed by atoms with van der Waals surface area (Å²) in [5, 5.41) is 11.4. The van der Waals surface area contributed by atoms with Crippen LogP contribution in [0.25, 0.3) is 11.0 Å². The quantitative estimate of drug-likeness (QED) is 0.587. The maximum absolute atomic E-state index is 11.2. The van der Waals surface area contributed by atoms with Gasteiger partial charge in [-0.25, -0.2) is 13.4 Å². The number of hydrogen-bond donors (Lipinski definition) is 2. The molecule has 0 atom stereocenters. The van der Waals surface area contributed by atoms with E-state index in [4.69, 9.17) is 0 Å². The van der Waals surface area contributed by atoms with Gasteiger partial charge in [-0.05, 0) is 6.42 Å². The average molecular weight is 315 g/mol. The molecule has 0 saturated carbocycles. The Bertz CT molecular complexity index is 683. The third-order valence-electron chi connectivity index (χ3n) is 2.50. The van der Waals surface area contributed by atoms with Crippen LogP contribution in [0.1, 0.15) is 13.3 Å². The number of H-pyrrole nitrogens is 1. The van der Waals surface area contributed by atoms with Crippen molar-refractivity contribution in [3.05, 3.63) is 6.20 Å². The van der Waals surface area contributed by atoms with Crippen LogP contribution < -0.4 is 5.32 Å². The molecule has 0 radical (unpaired) electrons. The first-order valence-electron chi connectivity index (χ1n) is 6.25. The Balaban J connectivity index is 2.19. The fourth-order valence-corrected chi connectivity index (χ4v) is 3.72. The van der Waals surface area contributed by atoms with E-state index in [1.807, 2.05) is 0 Å². The number of nitrogens with one attached hydrogen (secondary N) is 2. The molecule has 2 rings (SSSR count). The number of fused-ring (bicyclic) bond motifs is 1. The van der Waals surface area contributed by atoms with Crippen molar-refractivity contribution in [3.63, 3.8) is 0 Å². The van der Waals surface area contributed by atoms with Crippen LogP contribution in [0.15, 0.2) is 11.2 Å². The van der Waals surface area contributed by atoms with Gasteiger partial charge in [0.2, 0.25) is 5.95 Å². The molecule has 0 unspecified atom stereocenters. The van der Waals surface area contributed by atoms with Gasteiger partial charge in [0, 0.05) is 18.6 Å². The van der Waals surface area contributed by atoms with Crippen LogP contribution in [-0.2, 0) is 9.84 Å². The zero-order chi connectivity index (χ0) is 14.6. The number of nitrogens with zero attached hydrogens (tertiary/aromatic N) is 3. The Morgan fingerprint density at radius 1 is 1.40 bits per heavy atom. The summed E-state index contributed by atoms with van der Waals surface area (Å²) in [5.74, 6) is 1.12. The summed E-state index contributed by atoms with van der Waals surface area (Å²) in [5.41, 5.74) is 0.653. The minimum atomic E-state index is -2.96. The molecule has 2 aromatic heterocycles. The second kappa shape index (κ2) is 6.40. The van der Waals surface area contributed by atoms with Gasteiger partial charge in [0.15, 0.2) is 5.65 Å². The predicted octanol–water partition coefficient (Wildman–Crippen LogP) is 1.31. The minimum Gasteiger partial charge on any atom is -0.354 e. The molecule has 2 N–H and O–H groups in total. The van der Waals surface area contributed by atoms with Gasteiger partial charge in [0.1, 0.15) is 14.9 Å². The van der Waals surface area contributed by atoms with E-state index in [1.165, 1.54) is 18.0 Å². The summed E-state index contributed by atoms with van der Waals surface area (Å²) < 4.78 is 22.3. The number of hydrogen-bond acceptors (Lipinski definition) is 7. The molecule has 0 aliphatic rings. The maximum Gasteiger partial charge on any atom is 0.225 e. The first kappa shape index (κ1) is 15.0. The van der Waals surface area contributed by atoms with E-state index in [0.717, 1.165) is 23.4 Å². The zero-order valence-electron chi connectivity index (χ0n) is 11.4. The molecule has 2 aromatic rings. The summed E-state index contributed by atoms with van der Waals surface area (Å²) >= 11 is 1.40. The Morgan fingerprint density at radius 3 is 2.90 bits per heavy atom. The number of aromatic amines is 1. The number of anilines is 1. The highest BCUT2D eigenvalue weighted by molar-refractivity contribution is 8.00. The Hall–Kier alpha value is -1.35. The van der Waals surface area contributed by atoms with E-state index in [9.17, 15) is 8.42 Å². The normalized spacial score (nSPS) is 11.9. The molecule has 0 amide bonds. The molecule has 0 saturated heterocycles. The highest BCUT2D eigenvalue weighted by Crippen LogP contribution is 2.25. The van der Waals surface area contributed by atoms with Crippen molar-refractivity contribution in [2.75, 3.05) is 29.6 Å². The van der Waals surface area contributed by atoms with Crippen LogP contribution in [-0.4, -0.2) is 52.9 Å². The monoisotopic (exact) mass is 315 g/mol. The van der Waals surface area contributed by atoms with Crippen LogP contribution in [0, 0.1) is 0 Å². The van der Waals surface area contributed by atoms with Crippen molar-refractivity contribution >= 4 is 38.6 Å². The summed E-state index contributed by atoms with van der Waals surface area (Å²) in [6.45, 7) is 2.84. The summed E-state index contributed by atoms with van der Waals surface area (Å²) in [7, 11) is -2.96. The van der Waals surface area contributed by atoms with Crippen molar-refractivity contribution < 1.29 is 8.42 Å². The fourth-order valence-electron chi connectivity index (χ4n) is 1.52. The molecule has 0 aliphatic carbocycles. The van der Waals surface area contributed by atoms with Gasteiger partial charge in [0.25, 0.3) is 0 Å². The molecule has 2 heterocycles. The van der Waals surface area contributed by atoms with E-state index < -0.39 is 9.84 Å². The summed E-state index contributed by atoms with van der Waals surface area (Å²) in [6.07, 6.45) is 3.86. The number of sulfone groups is 1. The molecule has 0 bridgehead atoms. The molecule has 110 valence electrons. The number of rotatable bonds is 7. The van der Waals surface area contributed by atoms with Gasteiger partial charge in [-0.2, -0.15) is 10.1 Å². The molecule has 20 heavy (non-hydrogen) atoms. The lowest BCUT2D eigenvalue weighted by atomic mass is 10.4. The number of thioether (sulfide) groups is 1.